The Balaban J connectivity index is 4.68. The number of nitrogens with two attached hydrogens (primary N) is 1. The van der Waals surface area contributed by atoms with Crippen LogP contribution in [0.3, 0.4) is 0 Å². The fourth-order valence-corrected chi connectivity index (χ4v) is 1.99. The molecule has 124 valence electrons. The Hall–Kier alpha value is -2.17. The zero-order chi connectivity index (χ0) is 17.0. The summed E-state index contributed by atoms with van der Waals surface area (Å²) in [5.74, 6) is 0.204. The second kappa shape index (κ2) is 11.5. The van der Waals surface area contributed by atoms with Crippen molar-refractivity contribution in [2.45, 2.75) is 45.6 Å². The maximum atomic E-state index is 9.11. The van der Waals surface area contributed by atoms with Gasteiger partial charge in [-0.3, -0.25) is 0 Å². The number of rotatable bonds is 12. The van der Waals surface area contributed by atoms with Crippen LogP contribution in [0, 0.1) is 0 Å². The van der Waals surface area contributed by atoms with E-state index in [-0.39, 0.29) is 11.8 Å². The molecule has 0 radical (unpaired) electrons. The Morgan fingerprint density at radius 3 is 2.50 bits per heavy atom. The van der Waals surface area contributed by atoms with Gasteiger partial charge in [0.2, 0.25) is 0 Å². The van der Waals surface area contributed by atoms with Crippen molar-refractivity contribution in [3.63, 3.8) is 0 Å². The van der Waals surface area contributed by atoms with E-state index in [0.717, 1.165) is 36.5 Å². The topological polar surface area (TPSA) is 82.7 Å². The van der Waals surface area contributed by atoms with Crippen molar-refractivity contribution in [2.75, 3.05) is 6.54 Å². The van der Waals surface area contributed by atoms with Gasteiger partial charge in [-0.2, -0.15) is 0 Å². The number of aliphatic imine (C=N–C) groups is 1. The predicted molar refractivity (Wildman–Crippen MR) is 95.6 cm³/mol. The van der Waals surface area contributed by atoms with Gasteiger partial charge in [0.1, 0.15) is 0 Å². The molecule has 0 aromatic rings. The van der Waals surface area contributed by atoms with Crippen LogP contribution < -0.4 is 16.4 Å². The first-order chi connectivity index (χ1) is 10.4. The van der Waals surface area contributed by atoms with E-state index in [2.05, 4.69) is 35.4 Å². The molecular formula is C17H30N4O. The lowest BCUT2D eigenvalue weighted by molar-refractivity contribution is 0.386. The molecule has 22 heavy (non-hydrogen) atoms. The maximum Gasteiger partial charge on any atom is 0.0856 e. The molecule has 5 nitrogen and oxygen atoms in total. The van der Waals surface area contributed by atoms with Crippen molar-refractivity contribution < 1.29 is 5.11 Å². The van der Waals surface area contributed by atoms with Gasteiger partial charge in [0, 0.05) is 36.5 Å². The van der Waals surface area contributed by atoms with Crippen LogP contribution in [-0.2, 0) is 0 Å². The number of nitrogens with one attached hydrogen (secondary N) is 2. The van der Waals surface area contributed by atoms with Crippen LogP contribution in [0.25, 0.3) is 0 Å². The van der Waals surface area contributed by atoms with Crippen LogP contribution in [0.1, 0.15) is 39.5 Å². The first-order valence-corrected chi connectivity index (χ1v) is 7.57. The average Bonchev–Trinajstić information content (AvgIpc) is 2.45. The lowest BCUT2D eigenvalue weighted by Gasteiger charge is -2.24. The van der Waals surface area contributed by atoms with E-state index in [1.54, 1.807) is 0 Å². The third-order valence-electron chi connectivity index (χ3n) is 3.13. The Morgan fingerprint density at radius 2 is 2.00 bits per heavy atom. The minimum absolute atomic E-state index is 0.0142. The molecule has 0 saturated heterocycles. The zero-order valence-electron chi connectivity index (χ0n) is 13.9. The van der Waals surface area contributed by atoms with Gasteiger partial charge in [0.15, 0.2) is 0 Å². The summed E-state index contributed by atoms with van der Waals surface area (Å²) in [6.07, 6.45) is 6.04. The van der Waals surface area contributed by atoms with Crippen LogP contribution in [-0.4, -0.2) is 24.0 Å². The molecule has 0 amide bonds. The molecule has 5 heteroatoms. The highest BCUT2D eigenvalue weighted by atomic mass is 16.3. The number of hydrogen-bond acceptors (Lipinski definition) is 4. The molecule has 0 rings (SSSR count). The van der Waals surface area contributed by atoms with E-state index < -0.39 is 0 Å². The van der Waals surface area contributed by atoms with Crippen LogP contribution >= 0.6 is 0 Å². The molecule has 0 aromatic carbocycles. The molecule has 1 unspecified atom stereocenters. The Kier molecular flexibility index (Phi) is 10.4. The quantitative estimate of drug-likeness (QED) is 0.254. The van der Waals surface area contributed by atoms with Gasteiger partial charge in [0.05, 0.1) is 18.1 Å². The van der Waals surface area contributed by atoms with E-state index in [9.17, 15) is 0 Å². The molecular weight excluding hydrogens is 276 g/mol. The number of aliphatic hydroxyl groups is 1. The molecule has 1 atom stereocenters. The summed E-state index contributed by atoms with van der Waals surface area (Å²) in [4.78, 5) is 4.15. The van der Waals surface area contributed by atoms with Crippen LogP contribution in [0.5, 0.6) is 0 Å². The Labute approximate surface area is 134 Å². The number of aliphatic hydroxyl groups excluding tert-OH is 1. The Morgan fingerprint density at radius 1 is 1.32 bits per heavy atom. The van der Waals surface area contributed by atoms with E-state index in [0.29, 0.717) is 12.8 Å². The number of nitrogens with zero attached hydrogens (tertiary/aromatic N) is 1. The fourth-order valence-electron chi connectivity index (χ4n) is 1.99. The maximum absolute atomic E-state index is 9.11. The molecule has 0 aliphatic carbocycles. The Bertz CT molecular complexity index is 438. The second-order valence-corrected chi connectivity index (χ2v) is 5.04. The summed E-state index contributed by atoms with van der Waals surface area (Å²) in [6, 6.07) is -0.0142. The minimum atomic E-state index is -0.0142. The standard InChI is InChI=1S/C17H30N4O/c1-6-16(20-12-18)11-17(15(5)19-7-2)21-13(3)9-8-10-14(4)22/h6,12,17,19,21-22H,3-5,7-11H2,1-2H3,(H2,18,20)/b16-6-. The molecule has 0 aliphatic rings. The van der Waals surface area contributed by atoms with E-state index in [4.69, 9.17) is 10.8 Å². The lowest BCUT2D eigenvalue weighted by Crippen LogP contribution is -2.35. The SMILES string of the molecule is C=C(O)CCCC(=C)NC(C/C(=C/C)N=CN)C(=C)NCC. The highest BCUT2D eigenvalue weighted by Crippen LogP contribution is 2.15. The normalized spacial score (nSPS) is 12.9. The van der Waals surface area contributed by atoms with Crippen LogP contribution in [0.2, 0.25) is 0 Å². The highest BCUT2D eigenvalue weighted by Gasteiger charge is 2.14. The molecule has 0 fully saturated rings. The zero-order valence-corrected chi connectivity index (χ0v) is 13.9. The summed E-state index contributed by atoms with van der Waals surface area (Å²) in [5.41, 5.74) is 8.05. The molecule has 0 bridgehead atoms. The van der Waals surface area contributed by atoms with Gasteiger partial charge in [-0.05, 0) is 26.7 Å². The van der Waals surface area contributed by atoms with Crippen molar-refractivity contribution in [3.8, 4) is 0 Å². The molecule has 0 spiro atoms. The largest absolute Gasteiger partial charge is 0.513 e. The second-order valence-electron chi connectivity index (χ2n) is 5.04. The van der Waals surface area contributed by atoms with Crippen LogP contribution in [0.4, 0.5) is 0 Å². The average molecular weight is 306 g/mol. The number of hydrogen-bond donors (Lipinski definition) is 4. The molecule has 0 aliphatic heterocycles. The summed E-state index contributed by atoms with van der Waals surface area (Å²) in [6.45, 7) is 16.4. The molecule has 0 aromatic heterocycles. The first-order valence-electron chi connectivity index (χ1n) is 7.57. The fraction of sp³-hybridized carbons (Fsp3) is 0.471. The summed E-state index contributed by atoms with van der Waals surface area (Å²) < 4.78 is 0. The highest BCUT2D eigenvalue weighted by molar-refractivity contribution is 5.53. The summed E-state index contributed by atoms with van der Waals surface area (Å²) in [5, 5.41) is 15.7. The van der Waals surface area contributed by atoms with Crippen molar-refractivity contribution in [1.82, 2.24) is 10.6 Å². The minimum Gasteiger partial charge on any atom is -0.513 e. The van der Waals surface area contributed by atoms with Crippen molar-refractivity contribution in [3.05, 3.63) is 48.7 Å². The van der Waals surface area contributed by atoms with Crippen molar-refractivity contribution in [2.24, 2.45) is 10.7 Å². The van der Waals surface area contributed by atoms with Gasteiger partial charge in [0.25, 0.3) is 0 Å². The van der Waals surface area contributed by atoms with Gasteiger partial charge in [-0.25, -0.2) is 4.99 Å². The smallest absolute Gasteiger partial charge is 0.0856 e. The number of likely N-dealkylation sites (N-methyl/N-ethyl adjacent to an activating group) is 1. The predicted octanol–water partition coefficient (Wildman–Crippen LogP) is 3.10. The van der Waals surface area contributed by atoms with E-state index >= 15 is 0 Å². The van der Waals surface area contributed by atoms with Gasteiger partial charge >= 0.3 is 0 Å². The van der Waals surface area contributed by atoms with Gasteiger partial charge in [-0.1, -0.05) is 25.8 Å². The third kappa shape index (κ3) is 8.89. The van der Waals surface area contributed by atoms with Crippen molar-refractivity contribution in [1.29, 1.82) is 0 Å². The van der Waals surface area contributed by atoms with Gasteiger partial charge < -0.3 is 21.5 Å². The molecule has 0 heterocycles. The summed E-state index contributed by atoms with van der Waals surface area (Å²) >= 11 is 0. The molecule has 5 N–H and O–H groups in total. The van der Waals surface area contributed by atoms with E-state index in [1.807, 2.05) is 19.9 Å². The monoisotopic (exact) mass is 306 g/mol. The van der Waals surface area contributed by atoms with Crippen LogP contribution in [0.15, 0.2) is 53.7 Å². The number of allylic oxidation sites excluding steroid dienone is 3. The summed E-state index contributed by atoms with van der Waals surface area (Å²) in [7, 11) is 0. The third-order valence-corrected chi connectivity index (χ3v) is 3.13. The van der Waals surface area contributed by atoms with Crippen molar-refractivity contribution >= 4 is 6.34 Å². The van der Waals surface area contributed by atoms with E-state index in [1.165, 1.54) is 6.34 Å². The first kappa shape index (κ1) is 19.8. The van der Waals surface area contributed by atoms with Gasteiger partial charge in [-0.15, -0.1) is 0 Å². The molecule has 0 saturated carbocycles. The lowest BCUT2D eigenvalue weighted by atomic mass is 10.1.